The molecule has 2 aromatic heterocycles. The van der Waals surface area contributed by atoms with Crippen LogP contribution in [0.1, 0.15) is 44.2 Å². The minimum absolute atomic E-state index is 0.896. The van der Waals surface area contributed by atoms with Gasteiger partial charge in [0.25, 0.3) is 0 Å². The quantitative estimate of drug-likeness (QED) is 0.106. The topological polar surface area (TPSA) is 57.2 Å². The summed E-state index contributed by atoms with van der Waals surface area (Å²) < 4.78 is 4.19. The summed E-state index contributed by atoms with van der Waals surface area (Å²) in [6.45, 7) is 6.03. The number of hydrogen-bond donors (Lipinski definition) is 0. The molecule has 0 aliphatic carbocycles. The van der Waals surface area contributed by atoms with E-state index < -0.39 is 0 Å². The van der Waals surface area contributed by atoms with E-state index in [2.05, 4.69) is 92.0 Å². The average Bonchev–Trinajstić information content (AvgIpc) is 3.56. The van der Waals surface area contributed by atoms with Gasteiger partial charge in [-0.2, -0.15) is 0 Å². The molecule has 0 spiro atoms. The maximum absolute atomic E-state index is 4.38. The maximum atomic E-state index is 4.38. The van der Waals surface area contributed by atoms with Crippen molar-refractivity contribution in [3.8, 4) is 0 Å². The lowest BCUT2D eigenvalue weighted by atomic mass is 10.0. The van der Waals surface area contributed by atoms with E-state index >= 15 is 0 Å². The monoisotopic (exact) mass is 504 g/mol. The molecule has 2 heterocycles. The predicted molar refractivity (Wildman–Crippen MR) is 143 cm³/mol. The van der Waals surface area contributed by atoms with Gasteiger partial charge in [0.05, 0.1) is 23.3 Å². The standard InChI is InChI=1S/C27H32N6S2/c1-3-32-18-20-34-26(32)30-28-24-14-10-22(11-15-24)8-6-5-7-9-23-12-16-25(17-13-23)29-31-27-33(4-2)19-21-35-27/h10-21H,3-9H2,1-2H3/q+2. The van der Waals surface area contributed by atoms with Gasteiger partial charge >= 0.3 is 10.3 Å². The van der Waals surface area contributed by atoms with Crippen LogP contribution in [0.2, 0.25) is 0 Å². The van der Waals surface area contributed by atoms with E-state index in [-0.39, 0.29) is 0 Å². The number of rotatable bonds is 12. The van der Waals surface area contributed by atoms with Crippen LogP contribution in [-0.4, -0.2) is 0 Å². The van der Waals surface area contributed by atoms with Crippen LogP contribution in [0, 0.1) is 0 Å². The smallest absolute Gasteiger partial charge is 0.219 e. The van der Waals surface area contributed by atoms with Gasteiger partial charge in [0.15, 0.2) is 0 Å². The molecule has 0 radical (unpaired) electrons. The van der Waals surface area contributed by atoms with Crippen molar-refractivity contribution in [3.05, 3.63) is 82.8 Å². The van der Waals surface area contributed by atoms with Crippen LogP contribution in [0.4, 0.5) is 21.6 Å². The van der Waals surface area contributed by atoms with Gasteiger partial charge in [-0.05, 0) is 108 Å². The molecule has 0 bridgehead atoms. The molecule has 0 amide bonds. The third-order valence-electron chi connectivity index (χ3n) is 5.81. The summed E-state index contributed by atoms with van der Waals surface area (Å²) in [7, 11) is 0. The molecule has 0 saturated heterocycles. The van der Waals surface area contributed by atoms with Gasteiger partial charge < -0.3 is 0 Å². The van der Waals surface area contributed by atoms with E-state index in [0.29, 0.717) is 0 Å². The SMILES string of the molecule is CC[n+]1ccsc1N=Nc1ccc(CCCCCc2ccc(N=Nc3scc[n+]3CC)cc2)cc1. The first-order chi connectivity index (χ1) is 17.2. The number of thiazole rings is 2. The third-order valence-corrected chi connectivity index (χ3v) is 7.38. The van der Waals surface area contributed by atoms with Gasteiger partial charge in [0.2, 0.25) is 0 Å². The number of unbranched alkanes of at least 4 members (excludes halogenated alkanes) is 2. The second kappa shape index (κ2) is 13.1. The van der Waals surface area contributed by atoms with E-state index in [9.17, 15) is 0 Å². The van der Waals surface area contributed by atoms with E-state index in [1.165, 1.54) is 30.4 Å². The summed E-state index contributed by atoms with van der Waals surface area (Å²) in [6, 6.07) is 16.9. The first-order valence-corrected chi connectivity index (χ1v) is 14.0. The molecule has 0 aliphatic heterocycles. The Morgan fingerprint density at radius 2 is 1.00 bits per heavy atom. The minimum Gasteiger partial charge on any atom is -0.219 e. The molecular formula is C27H32N6S2+2. The van der Waals surface area contributed by atoms with Crippen LogP contribution in [0.3, 0.4) is 0 Å². The second-order valence-corrected chi connectivity index (χ2v) is 9.98. The minimum atomic E-state index is 0.896. The molecule has 0 atom stereocenters. The zero-order chi connectivity index (χ0) is 24.3. The molecule has 0 unspecified atom stereocenters. The molecule has 4 rings (SSSR count). The summed E-state index contributed by atoms with van der Waals surface area (Å²) in [5.41, 5.74) is 4.50. The highest BCUT2D eigenvalue weighted by Crippen LogP contribution is 2.22. The van der Waals surface area contributed by atoms with E-state index in [0.717, 1.165) is 47.6 Å². The van der Waals surface area contributed by atoms with Crippen molar-refractivity contribution in [2.75, 3.05) is 0 Å². The van der Waals surface area contributed by atoms with Gasteiger partial charge in [-0.15, -0.1) is 0 Å². The summed E-state index contributed by atoms with van der Waals surface area (Å²) >= 11 is 3.21. The Bertz CT molecular complexity index is 1140. The Hall–Kier alpha value is -3.10. The maximum Gasteiger partial charge on any atom is 0.408 e. The molecule has 6 nitrogen and oxygen atoms in total. The number of azo groups is 2. The molecule has 0 aliphatic rings. The fraction of sp³-hybridized carbons (Fsp3) is 0.333. The van der Waals surface area contributed by atoms with Crippen LogP contribution in [0.25, 0.3) is 0 Å². The van der Waals surface area contributed by atoms with E-state index in [4.69, 9.17) is 0 Å². The van der Waals surface area contributed by atoms with Crippen molar-refractivity contribution in [2.45, 2.75) is 59.0 Å². The van der Waals surface area contributed by atoms with Crippen LogP contribution < -0.4 is 9.13 Å². The van der Waals surface area contributed by atoms with Gasteiger partial charge in [-0.1, -0.05) is 30.7 Å². The average molecular weight is 505 g/mol. The summed E-state index contributed by atoms with van der Waals surface area (Å²) in [4.78, 5) is 0. The number of hydrogen-bond acceptors (Lipinski definition) is 6. The highest BCUT2D eigenvalue weighted by atomic mass is 32.1. The Kier molecular flexibility index (Phi) is 9.37. The number of aryl methyl sites for hydroxylation is 4. The molecule has 4 aromatic rings. The van der Waals surface area contributed by atoms with Gasteiger partial charge in [-0.25, -0.2) is 9.13 Å². The molecule has 0 fully saturated rings. The third kappa shape index (κ3) is 7.44. The molecule has 8 heteroatoms. The van der Waals surface area contributed by atoms with Crippen LogP contribution >= 0.6 is 22.7 Å². The number of aromatic nitrogens is 2. The summed E-state index contributed by atoms with van der Waals surface area (Å²) in [5.74, 6) is 0. The van der Waals surface area contributed by atoms with Gasteiger partial charge in [0.1, 0.15) is 23.8 Å². The van der Waals surface area contributed by atoms with Crippen LogP contribution in [-0.2, 0) is 25.9 Å². The normalized spacial score (nSPS) is 11.7. The van der Waals surface area contributed by atoms with E-state index in [1.54, 1.807) is 22.7 Å². The zero-order valence-electron chi connectivity index (χ0n) is 20.4. The molecular weight excluding hydrogens is 472 g/mol. The Morgan fingerprint density at radius 1 is 0.571 bits per heavy atom. The molecule has 0 N–H and O–H groups in total. The first kappa shape index (κ1) is 25.0. The van der Waals surface area contributed by atoms with Gasteiger partial charge in [-0.3, -0.25) is 0 Å². The lowest BCUT2D eigenvalue weighted by molar-refractivity contribution is -0.677. The first-order valence-electron chi connectivity index (χ1n) is 12.2. The largest absolute Gasteiger partial charge is 0.408 e. The van der Waals surface area contributed by atoms with Gasteiger partial charge in [0, 0.05) is 10.8 Å². The number of benzene rings is 2. The van der Waals surface area contributed by atoms with Crippen LogP contribution in [0.5, 0.6) is 0 Å². The molecule has 0 saturated carbocycles. The number of nitrogens with zero attached hydrogens (tertiary/aromatic N) is 6. The Morgan fingerprint density at radius 3 is 1.40 bits per heavy atom. The Balaban J connectivity index is 1.16. The van der Waals surface area contributed by atoms with Crippen LogP contribution in [0.15, 0.2) is 92.1 Å². The van der Waals surface area contributed by atoms with Crippen molar-refractivity contribution in [1.82, 2.24) is 0 Å². The fourth-order valence-corrected chi connectivity index (χ4v) is 5.22. The summed E-state index contributed by atoms with van der Waals surface area (Å²) in [6.07, 6.45) is 9.87. The van der Waals surface area contributed by atoms with Crippen molar-refractivity contribution in [3.63, 3.8) is 0 Å². The van der Waals surface area contributed by atoms with E-state index in [1.807, 2.05) is 23.2 Å². The van der Waals surface area contributed by atoms with Crippen molar-refractivity contribution >= 4 is 44.3 Å². The molecule has 35 heavy (non-hydrogen) atoms. The summed E-state index contributed by atoms with van der Waals surface area (Å²) in [5, 5.41) is 23.5. The van der Waals surface area contributed by atoms with Crippen molar-refractivity contribution in [2.24, 2.45) is 20.5 Å². The Labute approximate surface area is 215 Å². The second-order valence-electron chi connectivity index (χ2n) is 8.24. The lowest BCUT2D eigenvalue weighted by Crippen LogP contribution is -2.28. The highest BCUT2D eigenvalue weighted by molar-refractivity contribution is 7.13. The molecule has 2 aromatic carbocycles. The lowest BCUT2D eigenvalue weighted by Gasteiger charge is -2.03. The van der Waals surface area contributed by atoms with Crippen molar-refractivity contribution in [1.29, 1.82) is 0 Å². The fourth-order valence-electron chi connectivity index (χ4n) is 3.73. The van der Waals surface area contributed by atoms with Crippen molar-refractivity contribution < 1.29 is 9.13 Å². The zero-order valence-corrected chi connectivity index (χ0v) is 22.0. The highest BCUT2D eigenvalue weighted by Gasteiger charge is 2.10. The predicted octanol–water partition coefficient (Wildman–Crippen LogP) is 8.21. The molecule has 180 valence electrons.